The zero-order valence-corrected chi connectivity index (χ0v) is 16.2. The van der Waals surface area contributed by atoms with Crippen molar-refractivity contribution in [1.29, 1.82) is 0 Å². The van der Waals surface area contributed by atoms with Crippen LogP contribution in [0, 0.1) is 0 Å². The maximum absolute atomic E-state index is 12.5. The lowest BCUT2D eigenvalue weighted by atomic mass is 10.0. The molecule has 0 radical (unpaired) electrons. The second kappa shape index (κ2) is 9.77. The first-order valence-electron chi connectivity index (χ1n) is 9.65. The molecule has 0 bridgehead atoms. The first-order valence-corrected chi connectivity index (χ1v) is 9.65. The van der Waals surface area contributed by atoms with Crippen LogP contribution in [0.4, 0.5) is 0 Å². The van der Waals surface area contributed by atoms with Crippen LogP contribution in [-0.2, 0) is 20.7 Å². The number of ether oxygens (including phenoxy) is 1. The molecule has 2 aliphatic heterocycles. The fourth-order valence-corrected chi connectivity index (χ4v) is 3.40. The number of pyridine rings is 1. The van der Waals surface area contributed by atoms with Gasteiger partial charge < -0.3 is 25.0 Å². The Morgan fingerprint density at radius 3 is 2.71 bits per heavy atom. The molecule has 3 heterocycles. The monoisotopic (exact) mass is 388 g/mol. The van der Waals surface area contributed by atoms with Gasteiger partial charge in [-0.25, -0.2) is 0 Å². The van der Waals surface area contributed by atoms with Crippen LogP contribution in [0.3, 0.4) is 0 Å². The number of aromatic nitrogens is 1. The highest BCUT2D eigenvalue weighted by Gasteiger charge is 2.30. The van der Waals surface area contributed by atoms with Gasteiger partial charge in [0, 0.05) is 38.1 Å². The Balaban J connectivity index is 1.51. The number of piperazine rings is 1. The molecule has 2 N–H and O–H groups in total. The molecule has 2 aliphatic rings. The van der Waals surface area contributed by atoms with Crippen LogP contribution in [0.5, 0.6) is 0 Å². The van der Waals surface area contributed by atoms with Crippen molar-refractivity contribution in [3.05, 3.63) is 42.2 Å². The van der Waals surface area contributed by atoms with Gasteiger partial charge in [-0.05, 0) is 19.2 Å². The molecule has 0 unspecified atom stereocenters. The average Bonchev–Trinajstić information content (AvgIpc) is 2.70. The number of nitrogens with zero attached hydrogens (tertiary/aromatic N) is 3. The summed E-state index contributed by atoms with van der Waals surface area (Å²) in [6, 6.07) is 4.98. The SMILES string of the molecule is CN1CCN(C(=O)C[C@H]2C=C[C@@H](NC(=O)Cc3ccccn3)[C@H](CO)O2)CC1. The van der Waals surface area contributed by atoms with Crippen molar-refractivity contribution in [2.45, 2.75) is 31.1 Å². The summed E-state index contributed by atoms with van der Waals surface area (Å²) in [7, 11) is 2.04. The molecule has 8 heteroatoms. The number of likely N-dealkylation sites (N-methyl/N-ethyl adjacent to an activating group) is 1. The second-order valence-electron chi connectivity index (χ2n) is 7.26. The highest BCUT2D eigenvalue weighted by atomic mass is 16.5. The maximum atomic E-state index is 12.5. The maximum Gasteiger partial charge on any atom is 0.226 e. The Morgan fingerprint density at radius 2 is 2.04 bits per heavy atom. The molecular weight excluding hydrogens is 360 g/mol. The summed E-state index contributed by atoms with van der Waals surface area (Å²) >= 11 is 0. The summed E-state index contributed by atoms with van der Waals surface area (Å²) < 4.78 is 5.86. The average molecular weight is 388 g/mol. The van der Waals surface area contributed by atoms with E-state index in [-0.39, 0.29) is 31.3 Å². The number of nitrogens with one attached hydrogen (secondary N) is 1. The molecule has 1 aromatic heterocycles. The lowest BCUT2D eigenvalue weighted by Gasteiger charge is -2.35. The van der Waals surface area contributed by atoms with Gasteiger partial charge >= 0.3 is 0 Å². The van der Waals surface area contributed by atoms with E-state index in [4.69, 9.17) is 4.74 Å². The molecule has 3 atom stereocenters. The Labute approximate surface area is 165 Å². The third-order valence-electron chi connectivity index (χ3n) is 5.09. The first-order chi connectivity index (χ1) is 13.5. The topological polar surface area (TPSA) is 95.0 Å². The van der Waals surface area contributed by atoms with Crippen molar-refractivity contribution < 1.29 is 19.4 Å². The molecule has 152 valence electrons. The van der Waals surface area contributed by atoms with Crippen LogP contribution in [0.2, 0.25) is 0 Å². The summed E-state index contributed by atoms with van der Waals surface area (Å²) in [4.78, 5) is 32.9. The Morgan fingerprint density at radius 1 is 1.25 bits per heavy atom. The molecule has 0 aliphatic carbocycles. The number of hydrogen-bond donors (Lipinski definition) is 2. The molecule has 0 saturated carbocycles. The van der Waals surface area contributed by atoms with Crippen LogP contribution in [0.15, 0.2) is 36.5 Å². The smallest absolute Gasteiger partial charge is 0.226 e. The number of rotatable bonds is 6. The second-order valence-corrected chi connectivity index (χ2v) is 7.26. The van der Waals surface area contributed by atoms with E-state index in [2.05, 4.69) is 15.2 Å². The van der Waals surface area contributed by atoms with E-state index in [0.29, 0.717) is 5.69 Å². The van der Waals surface area contributed by atoms with Crippen molar-refractivity contribution >= 4 is 11.8 Å². The van der Waals surface area contributed by atoms with Gasteiger partial charge in [-0.2, -0.15) is 0 Å². The largest absolute Gasteiger partial charge is 0.394 e. The number of carbonyl (C=O) groups excluding carboxylic acids is 2. The van der Waals surface area contributed by atoms with Gasteiger partial charge in [0.05, 0.1) is 31.6 Å². The van der Waals surface area contributed by atoms with Crippen LogP contribution in [0.25, 0.3) is 0 Å². The van der Waals surface area contributed by atoms with Gasteiger partial charge in [-0.15, -0.1) is 0 Å². The fraction of sp³-hybridized carbons (Fsp3) is 0.550. The molecule has 0 aromatic carbocycles. The zero-order chi connectivity index (χ0) is 19.9. The summed E-state index contributed by atoms with van der Waals surface area (Å²) in [5.41, 5.74) is 0.678. The van der Waals surface area contributed by atoms with Gasteiger partial charge in [0.15, 0.2) is 0 Å². The molecule has 0 spiro atoms. The summed E-state index contributed by atoms with van der Waals surface area (Å²) in [6.07, 6.45) is 4.68. The minimum absolute atomic E-state index is 0.0528. The van der Waals surface area contributed by atoms with Gasteiger partial charge in [0.25, 0.3) is 0 Å². The van der Waals surface area contributed by atoms with Crippen molar-refractivity contribution in [3.8, 4) is 0 Å². The van der Waals surface area contributed by atoms with E-state index < -0.39 is 18.2 Å². The third-order valence-corrected chi connectivity index (χ3v) is 5.09. The highest BCUT2D eigenvalue weighted by molar-refractivity contribution is 5.79. The quantitative estimate of drug-likeness (QED) is 0.644. The van der Waals surface area contributed by atoms with E-state index in [1.54, 1.807) is 24.4 Å². The van der Waals surface area contributed by atoms with E-state index in [1.807, 2.05) is 24.1 Å². The van der Waals surface area contributed by atoms with E-state index >= 15 is 0 Å². The van der Waals surface area contributed by atoms with Crippen LogP contribution in [-0.4, -0.2) is 89.8 Å². The minimum Gasteiger partial charge on any atom is -0.394 e. The summed E-state index contributed by atoms with van der Waals surface area (Å²) in [5, 5.41) is 12.5. The normalized spacial score (nSPS) is 25.5. The number of amides is 2. The van der Waals surface area contributed by atoms with Crippen molar-refractivity contribution in [2.75, 3.05) is 39.8 Å². The predicted octanol–water partition coefficient (Wildman–Crippen LogP) is -0.411. The van der Waals surface area contributed by atoms with Crippen LogP contribution in [0.1, 0.15) is 12.1 Å². The first kappa shape index (κ1) is 20.4. The number of aliphatic hydroxyl groups excluding tert-OH is 1. The zero-order valence-electron chi connectivity index (χ0n) is 16.2. The number of aliphatic hydroxyl groups is 1. The van der Waals surface area contributed by atoms with E-state index in [1.165, 1.54) is 0 Å². The molecule has 2 amide bonds. The lowest BCUT2D eigenvalue weighted by Crippen LogP contribution is -2.50. The molecule has 8 nitrogen and oxygen atoms in total. The molecule has 1 aromatic rings. The van der Waals surface area contributed by atoms with Crippen molar-refractivity contribution in [2.24, 2.45) is 0 Å². The Hall–Kier alpha value is -2.29. The molecule has 28 heavy (non-hydrogen) atoms. The molecular formula is C20H28N4O4. The number of hydrogen-bond acceptors (Lipinski definition) is 6. The van der Waals surface area contributed by atoms with Gasteiger partial charge in [0.2, 0.25) is 11.8 Å². The van der Waals surface area contributed by atoms with Crippen LogP contribution < -0.4 is 5.32 Å². The standard InChI is InChI=1S/C20H28N4O4/c1-23-8-10-24(11-9-23)20(27)13-16-5-6-17(18(14-25)28-16)22-19(26)12-15-4-2-3-7-21-15/h2-7,16-18,25H,8-14H2,1H3,(H,22,26)/t16-,17-,18+/m1/s1. The highest BCUT2D eigenvalue weighted by Crippen LogP contribution is 2.17. The Bertz CT molecular complexity index is 689. The third kappa shape index (κ3) is 5.60. The van der Waals surface area contributed by atoms with Crippen molar-refractivity contribution in [1.82, 2.24) is 20.1 Å². The van der Waals surface area contributed by atoms with Crippen LogP contribution >= 0.6 is 0 Å². The summed E-state index contributed by atoms with van der Waals surface area (Å²) in [5.74, 6) is -0.139. The number of carbonyl (C=O) groups is 2. The van der Waals surface area contributed by atoms with Gasteiger partial charge in [-0.1, -0.05) is 18.2 Å². The van der Waals surface area contributed by atoms with Gasteiger partial charge in [-0.3, -0.25) is 14.6 Å². The Kier molecular flexibility index (Phi) is 7.13. The fourth-order valence-electron chi connectivity index (χ4n) is 3.40. The molecule has 1 fully saturated rings. The lowest BCUT2D eigenvalue weighted by molar-refractivity contribution is -0.137. The molecule has 3 rings (SSSR count). The minimum atomic E-state index is -0.581. The van der Waals surface area contributed by atoms with Crippen molar-refractivity contribution in [3.63, 3.8) is 0 Å². The van der Waals surface area contributed by atoms with E-state index in [9.17, 15) is 14.7 Å². The van der Waals surface area contributed by atoms with Gasteiger partial charge in [0.1, 0.15) is 6.10 Å². The predicted molar refractivity (Wildman–Crippen MR) is 103 cm³/mol. The van der Waals surface area contributed by atoms with E-state index in [0.717, 1.165) is 26.2 Å². The molecule has 1 saturated heterocycles. The summed E-state index contributed by atoms with van der Waals surface area (Å²) in [6.45, 7) is 2.95.